The molecule has 13 heteroatoms. The van der Waals surface area contributed by atoms with Gasteiger partial charge < -0.3 is 24.7 Å². The molecule has 1 rings (SSSR count). The van der Waals surface area contributed by atoms with Crippen LogP contribution < -0.4 is 5.32 Å². The van der Waals surface area contributed by atoms with Gasteiger partial charge in [-0.15, -0.1) is 11.3 Å². The molecule has 24 heavy (non-hydrogen) atoms. The first kappa shape index (κ1) is 21.2. The maximum absolute atomic E-state index is 12.1. The fourth-order valence-corrected chi connectivity index (χ4v) is 4.66. The van der Waals surface area contributed by atoms with Gasteiger partial charge in [0.1, 0.15) is 0 Å². The lowest BCUT2D eigenvalue weighted by Crippen LogP contribution is -2.25. The number of carbonyl (C=O) groups excluding carboxylic acids is 1. The summed E-state index contributed by atoms with van der Waals surface area (Å²) in [5.74, 6) is -0.684. The molecule has 0 radical (unpaired) electrons. The number of nitrogens with one attached hydrogen (secondary N) is 1. The zero-order valence-corrected chi connectivity index (χ0v) is 15.9. The summed E-state index contributed by atoms with van der Waals surface area (Å²) in [5, 5.41) is 2.48. The number of thiazole rings is 1. The van der Waals surface area contributed by atoms with E-state index in [4.69, 9.17) is 0 Å². The Labute approximate surface area is 142 Å². The van der Waals surface area contributed by atoms with Crippen LogP contribution in [-0.2, 0) is 23.2 Å². The van der Waals surface area contributed by atoms with Gasteiger partial charge in [-0.25, -0.2) is 4.98 Å². The van der Waals surface area contributed by atoms with Crippen molar-refractivity contribution in [2.24, 2.45) is 5.41 Å². The second-order valence-electron chi connectivity index (χ2n) is 5.78. The third-order valence-corrected chi connectivity index (χ3v) is 7.55. The van der Waals surface area contributed by atoms with Crippen LogP contribution >= 0.6 is 26.5 Å². The van der Waals surface area contributed by atoms with Crippen molar-refractivity contribution in [2.75, 3.05) is 18.7 Å². The summed E-state index contributed by atoms with van der Waals surface area (Å²) >= 11 is 1.15. The van der Waals surface area contributed by atoms with Crippen LogP contribution in [0, 0.1) is 5.41 Å². The molecule has 1 aromatic rings. The highest BCUT2D eigenvalue weighted by atomic mass is 32.1. The fraction of sp³-hybridized carbons (Fsp3) is 0.636. The van der Waals surface area contributed by atoms with Crippen LogP contribution in [0.15, 0.2) is 11.6 Å². The van der Waals surface area contributed by atoms with Crippen LogP contribution in [0.4, 0.5) is 5.13 Å². The highest BCUT2D eigenvalue weighted by molar-refractivity contribution is 7.71. The zero-order valence-electron chi connectivity index (χ0n) is 13.3. The van der Waals surface area contributed by atoms with E-state index in [0.717, 1.165) is 11.3 Å². The average molecular weight is 402 g/mol. The number of rotatable bonds is 8. The number of carbonyl (C=O) groups is 1. The number of ether oxygens (including phenoxy) is 1. The maximum Gasteiger partial charge on any atom is 0.347 e. The van der Waals surface area contributed by atoms with E-state index in [1.54, 1.807) is 26.2 Å². The molecule has 0 saturated heterocycles. The monoisotopic (exact) mass is 402 g/mol. The lowest BCUT2D eigenvalue weighted by molar-refractivity contribution is -0.159. The normalized spacial score (nSPS) is 16.2. The SMILES string of the molecule is CC(C)(C)C(=O)OCOP(=O)(O)C(CNc1nccs1)P(=O)(O)O. The van der Waals surface area contributed by atoms with E-state index in [1.165, 1.54) is 6.20 Å². The Hall–Kier alpha value is -0.800. The molecule has 0 aliphatic heterocycles. The van der Waals surface area contributed by atoms with Crippen LogP contribution in [0.3, 0.4) is 0 Å². The van der Waals surface area contributed by atoms with Gasteiger partial charge in [0.15, 0.2) is 10.5 Å². The van der Waals surface area contributed by atoms with Crippen molar-refractivity contribution in [2.45, 2.75) is 26.2 Å². The van der Waals surface area contributed by atoms with E-state index < -0.39 is 45.3 Å². The molecule has 10 nitrogen and oxygen atoms in total. The molecule has 0 saturated carbocycles. The molecule has 0 aliphatic carbocycles. The Balaban J connectivity index is 2.71. The van der Waals surface area contributed by atoms with E-state index >= 15 is 0 Å². The second-order valence-corrected chi connectivity index (χ2v) is 10.9. The van der Waals surface area contributed by atoms with Gasteiger partial charge in [-0.1, -0.05) is 0 Å². The molecule has 0 amide bonds. The summed E-state index contributed by atoms with van der Waals surface area (Å²) in [7, 11) is -9.75. The van der Waals surface area contributed by atoms with Crippen molar-refractivity contribution in [1.82, 2.24) is 4.98 Å². The quantitative estimate of drug-likeness (QED) is 0.287. The Morgan fingerprint density at radius 1 is 1.38 bits per heavy atom. The van der Waals surface area contributed by atoms with Gasteiger partial charge in [0.2, 0.25) is 6.79 Å². The van der Waals surface area contributed by atoms with Gasteiger partial charge in [0.25, 0.3) is 0 Å². The van der Waals surface area contributed by atoms with Gasteiger partial charge in [-0.2, -0.15) is 0 Å². The lowest BCUT2D eigenvalue weighted by atomic mass is 9.98. The largest absolute Gasteiger partial charge is 0.438 e. The summed E-state index contributed by atoms with van der Waals surface area (Å²) in [6.45, 7) is 3.29. The van der Waals surface area contributed by atoms with Gasteiger partial charge in [0.05, 0.1) is 5.41 Å². The topological polar surface area (TPSA) is 155 Å². The molecule has 4 N–H and O–H groups in total. The van der Waals surface area contributed by atoms with E-state index in [1.807, 2.05) is 0 Å². The molecule has 1 heterocycles. The maximum atomic E-state index is 12.1. The number of hydrogen-bond acceptors (Lipinski definition) is 8. The Kier molecular flexibility index (Phi) is 7.13. The fourth-order valence-electron chi connectivity index (χ4n) is 1.37. The molecule has 0 aromatic carbocycles. The summed E-state index contributed by atoms with van der Waals surface area (Å²) < 4.78 is 32.9. The lowest BCUT2D eigenvalue weighted by Gasteiger charge is -2.24. The molecule has 1 aromatic heterocycles. The summed E-state index contributed by atoms with van der Waals surface area (Å²) in [6, 6.07) is 0. The summed E-state index contributed by atoms with van der Waals surface area (Å²) in [4.78, 5) is 43.9. The molecular weight excluding hydrogens is 382 g/mol. The molecule has 2 unspecified atom stereocenters. The van der Waals surface area contributed by atoms with Crippen molar-refractivity contribution in [3.8, 4) is 0 Å². The second kappa shape index (κ2) is 8.05. The molecular formula is C11H20N2O8P2S. The van der Waals surface area contributed by atoms with Crippen molar-refractivity contribution in [1.29, 1.82) is 0 Å². The predicted molar refractivity (Wildman–Crippen MR) is 87.8 cm³/mol. The summed E-state index contributed by atoms with van der Waals surface area (Å²) in [6.07, 6.45) is 1.46. The minimum Gasteiger partial charge on any atom is -0.438 e. The highest BCUT2D eigenvalue weighted by Gasteiger charge is 2.46. The number of aromatic nitrogens is 1. The number of nitrogens with zero attached hydrogens (tertiary/aromatic N) is 1. The first-order valence-corrected chi connectivity index (χ1v) is 10.9. The van der Waals surface area contributed by atoms with Crippen LogP contribution in [0.5, 0.6) is 0 Å². The van der Waals surface area contributed by atoms with Crippen molar-refractivity contribution < 1.29 is 37.9 Å². The van der Waals surface area contributed by atoms with Crippen LogP contribution in [0.1, 0.15) is 20.8 Å². The molecule has 2 atom stereocenters. The van der Waals surface area contributed by atoms with E-state index in [2.05, 4.69) is 19.6 Å². The van der Waals surface area contributed by atoms with Gasteiger partial charge in [-0.05, 0) is 20.8 Å². The van der Waals surface area contributed by atoms with Crippen LogP contribution in [0.25, 0.3) is 0 Å². The Bertz CT molecular complexity index is 639. The average Bonchev–Trinajstić information content (AvgIpc) is 2.88. The molecule has 138 valence electrons. The van der Waals surface area contributed by atoms with Crippen molar-refractivity contribution in [3.63, 3.8) is 0 Å². The van der Waals surface area contributed by atoms with Gasteiger partial charge >= 0.3 is 21.2 Å². The molecule has 0 fully saturated rings. The Morgan fingerprint density at radius 3 is 2.46 bits per heavy atom. The third-order valence-electron chi connectivity index (χ3n) is 2.67. The van der Waals surface area contributed by atoms with Crippen LogP contribution in [0.2, 0.25) is 0 Å². The molecule has 0 aliphatic rings. The van der Waals surface area contributed by atoms with Crippen molar-refractivity contribution >= 4 is 37.6 Å². The minimum absolute atomic E-state index is 0.326. The van der Waals surface area contributed by atoms with Crippen molar-refractivity contribution in [3.05, 3.63) is 11.6 Å². The first-order chi connectivity index (χ1) is 10.8. The first-order valence-electron chi connectivity index (χ1n) is 6.67. The predicted octanol–water partition coefficient (Wildman–Crippen LogP) is 1.81. The molecule has 0 bridgehead atoms. The standard InChI is InChI=1S/C11H20N2O8P2S/c1-11(2,3)9(14)20-7-21-23(18,19)8(22(15,16)17)6-13-10-12-4-5-24-10/h4-5,8H,6-7H2,1-3H3,(H,12,13)(H,18,19)(H2,15,16,17). The highest BCUT2D eigenvalue weighted by Crippen LogP contribution is 2.62. The third kappa shape index (κ3) is 6.60. The Morgan fingerprint density at radius 2 is 2.00 bits per heavy atom. The zero-order chi connectivity index (χ0) is 18.6. The smallest absolute Gasteiger partial charge is 0.347 e. The summed E-state index contributed by atoms with van der Waals surface area (Å²) in [5.41, 5.74) is -0.849. The van der Waals surface area contributed by atoms with Gasteiger partial charge in [0, 0.05) is 18.1 Å². The number of hydrogen-bond donors (Lipinski definition) is 4. The van der Waals surface area contributed by atoms with E-state index in [0.29, 0.717) is 5.13 Å². The van der Waals surface area contributed by atoms with Gasteiger partial charge in [-0.3, -0.25) is 18.4 Å². The van der Waals surface area contributed by atoms with E-state index in [9.17, 15) is 28.6 Å². The van der Waals surface area contributed by atoms with E-state index in [-0.39, 0.29) is 0 Å². The molecule has 0 spiro atoms. The minimum atomic E-state index is -4.98. The van der Waals surface area contributed by atoms with Crippen LogP contribution in [-0.4, -0.2) is 44.4 Å². The number of esters is 1. The number of anilines is 1.